The maximum Gasteiger partial charge on any atom is 0.328 e. The highest BCUT2D eigenvalue weighted by Gasteiger charge is 2.23. The number of pyridine rings is 3. The zero-order valence-corrected chi connectivity index (χ0v) is 15.1. The van der Waals surface area contributed by atoms with Crippen LogP contribution in [-0.2, 0) is 0 Å². The van der Waals surface area contributed by atoms with E-state index in [2.05, 4.69) is 25.6 Å². The molecule has 0 saturated heterocycles. The van der Waals surface area contributed by atoms with Gasteiger partial charge in [0, 0.05) is 31.0 Å². The van der Waals surface area contributed by atoms with Gasteiger partial charge in [0.2, 0.25) is 0 Å². The van der Waals surface area contributed by atoms with Crippen LogP contribution in [0.5, 0.6) is 0 Å². The van der Waals surface area contributed by atoms with Crippen molar-refractivity contribution in [3.8, 4) is 11.3 Å². The molecule has 3 aromatic heterocycles. The van der Waals surface area contributed by atoms with Crippen molar-refractivity contribution in [2.24, 2.45) is 0 Å². The Balaban J connectivity index is 1.70. The van der Waals surface area contributed by atoms with Gasteiger partial charge in [-0.25, -0.2) is 19.2 Å². The summed E-state index contributed by atoms with van der Waals surface area (Å²) in [6.07, 6.45) is 6.07. The van der Waals surface area contributed by atoms with E-state index in [-0.39, 0.29) is 6.03 Å². The minimum Gasteiger partial charge on any atom is -0.382 e. The molecule has 0 spiro atoms. The van der Waals surface area contributed by atoms with Crippen molar-refractivity contribution in [2.45, 2.75) is 12.8 Å². The standard InChI is InChI=1S/C20H19FN6O/c21-15-11-14(12-22-13-15)16-6-7-17-19(25-16)27(10-4-3-8-23-17)20(28)26-18-5-1-2-9-24-18/h1-2,5-7,9,11-13,23H,3-4,8,10H2,(H,24,26,28). The molecule has 0 saturated carbocycles. The molecule has 142 valence electrons. The molecule has 0 radical (unpaired) electrons. The number of amides is 2. The van der Waals surface area contributed by atoms with E-state index in [0.29, 0.717) is 29.4 Å². The van der Waals surface area contributed by atoms with Gasteiger partial charge in [-0.3, -0.25) is 15.2 Å². The van der Waals surface area contributed by atoms with Gasteiger partial charge in [-0.2, -0.15) is 0 Å². The van der Waals surface area contributed by atoms with Crippen molar-refractivity contribution >= 4 is 23.4 Å². The average molecular weight is 378 g/mol. The minimum atomic E-state index is -0.436. The van der Waals surface area contributed by atoms with Gasteiger partial charge in [-0.15, -0.1) is 0 Å². The van der Waals surface area contributed by atoms with Crippen LogP contribution in [0.4, 0.5) is 26.5 Å². The molecule has 2 N–H and O–H groups in total. The highest BCUT2D eigenvalue weighted by molar-refractivity contribution is 6.02. The molecule has 7 nitrogen and oxygen atoms in total. The van der Waals surface area contributed by atoms with Gasteiger partial charge >= 0.3 is 6.03 Å². The lowest BCUT2D eigenvalue weighted by Crippen LogP contribution is -2.38. The smallest absolute Gasteiger partial charge is 0.328 e. The third kappa shape index (κ3) is 3.90. The van der Waals surface area contributed by atoms with Crippen LogP contribution in [0.2, 0.25) is 0 Å². The molecule has 8 heteroatoms. The van der Waals surface area contributed by atoms with Gasteiger partial charge in [0.25, 0.3) is 0 Å². The number of hydrogen-bond acceptors (Lipinski definition) is 5. The van der Waals surface area contributed by atoms with E-state index in [4.69, 9.17) is 0 Å². The third-order valence-electron chi connectivity index (χ3n) is 4.40. The summed E-state index contributed by atoms with van der Waals surface area (Å²) >= 11 is 0. The topological polar surface area (TPSA) is 83.0 Å². The molecule has 4 rings (SSSR count). The summed E-state index contributed by atoms with van der Waals surface area (Å²) in [6.45, 7) is 1.32. The molecule has 0 bridgehead atoms. The van der Waals surface area contributed by atoms with Crippen LogP contribution < -0.4 is 15.5 Å². The quantitative estimate of drug-likeness (QED) is 0.706. The predicted octanol–water partition coefficient (Wildman–Crippen LogP) is 3.92. The Bertz CT molecular complexity index is 981. The first-order chi connectivity index (χ1) is 13.7. The second-order valence-electron chi connectivity index (χ2n) is 6.39. The normalized spacial score (nSPS) is 13.7. The van der Waals surface area contributed by atoms with Gasteiger partial charge in [0.1, 0.15) is 11.6 Å². The number of fused-ring (bicyclic) bond motifs is 1. The van der Waals surface area contributed by atoms with Crippen molar-refractivity contribution < 1.29 is 9.18 Å². The molecule has 28 heavy (non-hydrogen) atoms. The Morgan fingerprint density at radius 2 is 2.11 bits per heavy atom. The summed E-state index contributed by atoms with van der Waals surface area (Å²) in [4.78, 5) is 27.2. The van der Waals surface area contributed by atoms with Crippen LogP contribution in [0.1, 0.15) is 12.8 Å². The Kier molecular flexibility index (Phi) is 5.09. The van der Waals surface area contributed by atoms with Crippen LogP contribution in [0.3, 0.4) is 0 Å². The fraction of sp³-hybridized carbons (Fsp3) is 0.200. The van der Waals surface area contributed by atoms with Crippen LogP contribution in [0.15, 0.2) is 55.0 Å². The average Bonchev–Trinajstić information content (AvgIpc) is 2.69. The molecule has 0 atom stereocenters. The molecule has 3 aromatic rings. The summed E-state index contributed by atoms with van der Waals surface area (Å²) in [5.74, 6) is 0.526. The molecule has 0 unspecified atom stereocenters. The first-order valence-corrected chi connectivity index (χ1v) is 9.06. The van der Waals surface area contributed by atoms with E-state index >= 15 is 0 Å². The molecule has 2 amide bonds. The number of anilines is 3. The highest BCUT2D eigenvalue weighted by atomic mass is 19.1. The monoisotopic (exact) mass is 378 g/mol. The third-order valence-corrected chi connectivity index (χ3v) is 4.40. The Morgan fingerprint density at radius 3 is 2.93 bits per heavy atom. The van der Waals surface area contributed by atoms with Crippen molar-refractivity contribution in [1.29, 1.82) is 0 Å². The van der Waals surface area contributed by atoms with Crippen LogP contribution in [0.25, 0.3) is 11.3 Å². The molecular formula is C20H19FN6O. The molecule has 1 aliphatic rings. The lowest BCUT2D eigenvalue weighted by Gasteiger charge is -2.27. The van der Waals surface area contributed by atoms with Crippen LogP contribution in [0, 0.1) is 5.82 Å². The van der Waals surface area contributed by atoms with Crippen LogP contribution >= 0.6 is 0 Å². The summed E-state index contributed by atoms with van der Waals surface area (Å²) in [5.41, 5.74) is 1.85. The van der Waals surface area contributed by atoms with Gasteiger partial charge < -0.3 is 5.32 Å². The Morgan fingerprint density at radius 1 is 1.18 bits per heavy atom. The molecule has 0 aromatic carbocycles. The number of rotatable bonds is 2. The van der Waals surface area contributed by atoms with E-state index in [1.807, 2.05) is 6.07 Å². The van der Waals surface area contributed by atoms with E-state index < -0.39 is 5.82 Å². The number of carbonyl (C=O) groups excluding carboxylic acids is 1. The van der Waals surface area contributed by atoms with Crippen molar-refractivity contribution in [3.63, 3.8) is 0 Å². The van der Waals surface area contributed by atoms with Gasteiger partial charge in [-0.05, 0) is 43.2 Å². The van der Waals surface area contributed by atoms with Crippen molar-refractivity contribution in [1.82, 2.24) is 15.0 Å². The zero-order valence-electron chi connectivity index (χ0n) is 15.1. The highest BCUT2D eigenvalue weighted by Crippen LogP contribution is 2.30. The summed E-state index contributed by atoms with van der Waals surface area (Å²) < 4.78 is 13.6. The van der Waals surface area contributed by atoms with E-state index in [9.17, 15) is 9.18 Å². The number of nitrogens with one attached hydrogen (secondary N) is 2. The number of nitrogens with zero attached hydrogens (tertiary/aromatic N) is 4. The predicted molar refractivity (Wildman–Crippen MR) is 106 cm³/mol. The number of carbonyl (C=O) groups is 1. The van der Waals surface area contributed by atoms with Crippen LogP contribution in [-0.4, -0.2) is 34.1 Å². The molecular weight excluding hydrogens is 359 g/mol. The van der Waals surface area contributed by atoms with E-state index in [1.54, 1.807) is 41.6 Å². The largest absolute Gasteiger partial charge is 0.382 e. The van der Waals surface area contributed by atoms with Gasteiger partial charge in [-0.1, -0.05) is 6.07 Å². The first-order valence-electron chi connectivity index (χ1n) is 9.06. The van der Waals surface area contributed by atoms with Crippen molar-refractivity contribution in [2.75, 3.05) is 28.6 Å². The maximum atomic E-state index is 13.6. The Hall–Kier alpha value is -3.55. The van der Waals surface area contributed by atoms with Crippen molar-refractivity contribution in [3.05, 3.63) is 60.8 Å². The second kappa shape index (κ2) is 7.99. The lowest BCUT2D eigenvalue weighted by atomic mass is 10.1. The Labute approximate surface area is 161 Å². The summed E-state index contributed by atoms with van der Waals surface area (Å²) in [7, 11) is 0. The molecule has 4 heterocycles. The maximum absolute atomic E-state index is 13.6. The SMILES string of the molecule is O=C(Nc1ccccn1)N1CCCCNc2ccc(-c3cncc(F)c3)nc21. The first kappa shape index (κ1) is 17.8. The number of halogens is 1. The number of urea groups is 1. The second-order valence-corrected chi connectivity index (χ2v) is 6.39. The molecule has 1 aliphatic heterocycles. The summed E-state index contributed by atoms with van der Waals surface area (Å²) in [5, 5.41) is 6.12. The number of aromatic nitrogens is 3. The number of hydrogen-bond donors (Lipinski definition) is 2. The van der Waals surface area contributed by atoms with E-state index in [0.717, 1.165) is 31.3 Å². The van der Waals surface area contributed by atoms with Gasteiger partial charge in [0.15, 0.2) is 5.82 Å². The summed E-state index contributed by atoms with van der Waals surface area (Å²) in [6, 6.07) is 10.0. The molecule has 0 aliphatic carbocycles. The van der Waals surface area contributed by atoms with Gasteiger partial charge in [0.05, 0.1) is 17.6 Å². The van der Waals surface area contributed by atoms with E-state index in [1.165, 1.54) is 6.07 Å². The zero-order chi connectivity index (χ0) is 19.3. The lowest BCUT2D eigenvalue weighted by molar-refractivity contribution is 0.256. The molecule has 0 fully saturated rings. The fourth-order valence-electron chi connectivity index (χ4n) is 3.04. The minimum absolute atomic E-state index is 0.314. The fourth-order valence-corrected chi connectivity index (χ4v) is 3.04.